The second-order valence-corrected chi connectivity index (χ2v) is 19.9. The molecule has 0 saturated carbocycles. The van der Waals surface area contributed by atoms with Crippen LogP contribution in [0.5, 0.6) is 0 Å². The zero-order valence-corrected chi connectivity index (χ0v) is 41.1. The standard InChI is InChI=1S/C72H44N2O2/c1-5-17-45(18-6-1)61-41-49-21-13-15-27-55(49)69-59-37-33-53(43-65(59)75-71(61)69)73(51-23-9-3-10-24-51)63-39-31-47-30-36-58-64(40-32-48-29-35-57(63)67(47)68(48)58)74(52-25-11-4-12-26-52)54-34-38-60-66(44-54)76-72-62(46-19-7-2-8-20-46)42-50-22-14-16-28-56(50)70(60)72/h1-44H. The molecule has 2 aromatic heterocycles. The van der Waals surface area contributed by atoms with E-state index in [0.717, 1.165) is 111 Å². The molecule has 0 N–H and O–H groups in total. The van der Waals surface area contributed by atoms with Crippen molar-refractivity contribution in [3.8, 4) is 22.3 Å². The summed E-state index contributed by atoms with van der Waals surface area (Å²) in [7, 11) is 0. The molecule has 2 heterocycles. The number of fused-ring (bicyclic) bond motifs is 10. The van der Waals surface area contributed by atoms with Crippen LogP contribution in [0.2, 0.25) is 0 Å². The van der Waals surface area contributed by atoms with Crippen LogP contribution in [0.3, 0.4) is 0 Å². The van der Waals surface area contributed by atoms with Crippen LogP contribution in [0, 0.1) is 0 Å². The van der Waals surface area contributed by atoms with Crippen molar-refractivity contribution < 1.29 is 8.83 Å². The Balaban J connectivity index is 0.888. The maximum atomic E-state index is 7.04. The van der Waals surface area contributed by atoms with E-state index in [9.17, 15) is 0 Å². The summed E-state index contributed by atoms with van der Waals surface area (Å²) in [5, 5.41) is 16.3. The highest BCUT2D eigenvalue weighted by Crippen LogP contribution is 2.50. The smallest absolute Gasteiger partial charge is 0.143 e. The van der Waals surface area contributed by atoms with E-state index in [1.165, 1.54) is 43.1 Å². The van der Waals surface area contributed by atoms with Gasteiger partial charge in [-0.05, 0) is 127 Å². The zero-order chi connectivity index (χ0) is 49.8. The molecule has 0 aliphatic heterocycles. The Bertz CT molecular complexity index is 4610. The normalized spacial score (nSPS) is 11.9. The van der Waals surface area contributed by atoms with Crippen molar-refractivity contribution in [2.45, 2.75) is 0 Å². The summed E-state index contributed by atoms with van der Waals surface area (Å²) < 4.78 is 14.1. The Morgan fingerprint density at radius 1 is 0.237 bits per heavy atom. The van der Waals surface area contributed by atoms with Crippen molar-refractivity contribution in [3.63, 3.8) is 0 Å². The van der Waals surface area contributed by atoms with Crippen molar-refractivity contribution in [2.24, 2.45) is 0 Å². The maximum absolute atomic E-state index is 7.04. The van der Waals surface area contributed by atoms with Gasteiger partial charge < -0.3 is 18.6 Å². The minimum Gasteiger partial charge on any atom is -0.455 e. The molecule has 0 aliphatic rings. The van der Waals surface area contributed by atoms with Crippen LogP contribution >= 0.6 is 0 Å². The highest BCUT2D eigenvalue weighted by molar-refractivity contribution is 6.29. The van der Waals surface area contributed by atoms with Crippen LogP contribution in [0.4, 0.5) is 34.1 Å². The Morgan fingerprint density at radius 3 is 1.04 bits per heavy atom. The summed E-state index contributed by atoms with van der Waals surface area (Å²) in [5.41, 5.74) is 14.2. The summed E-state index contributed by atoms with van der Waals surface area (Å²) >= 11 is 0. The molecule has 4 nitrogen and oxygen atoms in total. The van der Waals surface area contributed by atoms with Gasteiger partial charge in [0.25, 0.3) is 0 Å². The second-order valence-electron chi connectivity index (χ2n) is 19.9. The molecule has 0 radical (unpaired) electrons. The number of hydrogen-bond acceptors (Lipinski definition) is 4. The molecule has 0 unspecified atom stereocenters. The van der Waals surface area contributed by atoms with Gasteiger partial charge in [-0.1, -0.05) is 182 Å². The average molecular weight is 969 g/mol. The molecule has 0 fully saturated rings. The van der Waals surface area contributed by atoms with Gasteiger partial charge in [-0.25, -0.2) is 0 Å². The third kappa shape index (κ3) is 6.44. The van der Waals surface area contributed by atoms with Gasteiger partial charge in [0, 0.05) is 78.3 Å². The Morgan fingerprint density at radius 2 is 0.605 bits per heavy atom. The summed E-state index contributed by atoms with van der Waals surface area (Å²) in [4.78, 5) is 4.78. The van der Waals surface area contributed by atoms with Crippen LogP contribution in [0.15, 0.2) is 276 Å². The average Bonchev–Trinajstić information content (AvgIpc) is 4.19. The van der Waals surface area contributed by atoms with Crippen LogP contribution in [0.1, 0.15) is 0 Å². The fourth-order valence-corrected chi connectivity index (χ4v) is 12.3. The van der Waals surface area contributed by atoms with Crippen molar-refractivity contribution >= 4 is 132 Å². The lowest BCUT2D eigenvalue weighted by molar-refractivity contribution is 0.670. The first-order valence-corrected chi connectivity index (χ1v) is 26.0. The quantitative estimate of drug-likeness (QED) is 0.142. The molecule has 0 spiro atoms. The van der Waals surface area contributed by atoms with E-state index in [1.807, 2.05) is 0 Å². The van der Waals surface area contributed by atoms with E-state index in [2.05, 4.69) is 277 Å². The van der Waals surface area contributed by atoms with E-state index in [0.29, 0.717) is 0 Å². The van der Waals surface area contributed by atoms with Crippen molar-refractivity contribution in [1.82, 2.24) is 0 Å². The van der Waals surface area contributed by atoms with E-state index >= 15 is 0 Å². The number of benzene rings is 14. The fraction of sp³-hybridized carbons (Fsp3) is 0. The summed E-state index contributed by atoms with van der Waals surface area (Å²) in [6, 6.07) is 96.2. The third-order valence-electron chi connectivity index (χ3n) is 15.7. The van der Waals surface area contributed by atoms with Gasteiger partial charge in [0.2, 0.25) is 0 Å². The van der Waals surface area contributed by atoms with E-state index in [1.54, 1.807) is 0 Å². The van der Waals surface area contributed by atoms with Gasteiger partial charge in [-0.3, -0.25) is 0 Å². The van der Waals surface area contributed by atoms with E-state index < -0.39 is 0 Å². The lowest BCUT2D eigenvalue weighted by Gasteiger charge is -2.29. The van der Waals surface area contributed by atoms with Crippen molar-refractivity contribution in [3.05, 3.63) is 267 Å². The fourth-order valence-electron chi connectivity index (χ4n) is 12.3. The minimum atomic E-state index is 0.844. The van der Waals surface area contributed by atoms with E-state index in [-0.39, 0.29) is 0 Å². The first-order valence-electron chi connectivity index (χ1n) is 26.0. The van der Waals surface area contributed by atoms with Gasteiger partial charge >= 0.3 is 0 Å². The third-order valence-corrected chi connectivity index (χ3v) is 15.7. The molecule has 4 heteroatoms. The summed E-state index contributed by atoms with van der Waals surface area (Å²) in [6.07, 6.45) is 0. The molecule has 76 heavy (non-hydrogen) atoms. The number of para-hydroxylation sites is 2. The first-order chi connectivity index (χ1) is 37.7. The molecular weight excluding hydrogens is 925 g/mol. The van der Waals surface area contributed by atoms with Gasteiger partial charge in [-0.15, -0.1) is 0 Å². The largest absolute Gasteiger partial charge is 0.455 e. The number of hydrogen-bond donors (Lipinski definition) is 0. The van der Waals surface area contributed by atoms with Crippen LogP contribution in [-0.4, -0.2) is 0 Å². The van der Waals surface area contributed by atoms with Crippen molar-refractivity contribution in [1.29, 1.82) is 0 Å². The lowest BCUT2D eigenvalue weighted by Crippen LogP contribution is -2.11. The molecule has 0 aliphatic carbocycles. The molecular formula is C72H44N2O2. The SMILES string of the molecule is c1ccc(-c2cc3ccccc3c3c2oc2cc(N(c4ccccc4)c4ccc5ccc6c(N(c7ccccc7)c7ccc8c(c7)oc7c(-c9ccccc9)cc9ccccc9c78)ccc7ccc4c5c76)ccc23)cc1. The van der Waals surface area contributed by atoms with Gasteiger partial charge in [0.1, 0.15) is 22.3 Å². The summed E-state index contributed by atoms with van der Waals surface area (Å²) in [6.45, 7) is 0. The molecule has 16 rings (SSSR count). The zero-order valence-electron chi connectivity index (χ0n) is 41.1. The highest BCUT2D eigenvalue weighted by Gasteiger charge is 2.25. The monoisotopic (exact) mass is 968 g/mol. The van der Waals surface area contributed by atoms with Gasteiger partial charge in [0.15, 0.2) is 0 Å². The molecule has 0 bridgehead atoms. The number of rotatable bonds is 8. The minimum absolute atomic E-state index is 0.844. The van der Waals surface area contributed by atoms with Crippen LogP contribution in [-0.2, 0) is 0 Å². The molecule has 16 aromatic rings. The topological polar surface area (TPSA) is 32.8 Å². The molecule has 0 atom stereocenters. The Kier molecular flexibility index (Phi) is 9.30. The predicted molar refractivity (Wildman–Crippen MR) is 320 cm³/mol. The molecule has 354 valence electrons. The first kappa shape index (κ1) is 42.4. The van der Waals surface area contributed by atoms with Crippen molar-refractivity contribution in [2.75, 3.05) is 9.80 Å². The molecule has 0 amide bonds. The van der Waals surface area contributed by atoms with E-state index in [4.69, 9.17) is 8.83 Å². The van der Waals surface area contributed by atoms with Crippen LogP contribution < -0.4 is 9.80 Å². The maximum Gasteiger partial charge on any atom is 0.143 e. The Hall–Kier alpha value is -10.2. The predicted octanol–water partition coefficient (Wildman–Crippen LogP) is 21.0. The number of anilines is 6. The second kappa shape index (κ2) is 16.7. The number of nitrogens with zero attached hydrogens (tertiary/aromatic N) is 2. The number of furan rings is 2. The van der Waals surface area contributed by atoms with Gasteiger partial charge in [0.05, 0.1) is 11.4 Å². The van der Waals surface area contributed by atoms with Gasteiger partial charge in [-0.2, -0.15) is 0 Å². The summed E-state index contributed by atoms with van der Waals surface area (Å²) in [5.74, 6) is 0. The molecule has 14 aromatic carbocycles. The Labute approximate surface area is 437 Å². The lowest BCUT2D eigenvalue weighted by atomic mass is 9.91. The van der Waals surface area contributed by atoms with Crippen LogP contribution in [0.25, 0.3) is 120 Å². The highest BCUT2D eigenvalue weighted by atomic mass is 16.3. The molecule has 0 saturated heterocycles.